The normalized spacial score (nSPS) is 16.1. The summed E-state index contributed by atoms with van der Waals surface area (Å²) in [7, 11) is 0. The van der Waals surface area contributed by atoms with Crippen molar-refractivity contribution in [3.8, 4) is 0 Å². The van der Waals surface area contributed by atoms with Crippen LogP contribution in [0.5, 0.6) is 0 Å². The highest BCUT2D eigenvalue weighted by Gasteiger charge is 2.25. The Bertz CT molecular complexity index is 308. The Labute approximate surface area is 115 Å². The van der Waals surface area contributed by atoms with Gasteiger partial charge in [0.15, 0.2) is 0 Å². The molecule has 1 heterocycles. The van der Waals surface area contributed by atoms with Crippen molar-refractivity contribution in [3.05, 3.63) is 0 Å². The summed E-state index contributed by atoms with van der Waals surface area (Å²) < 4.78 is 5.19. The van der Waals surface area contributed by atoms with Crippen molar-refractivity contribution in [2.24, 2.45) is 11.8 Å². The van der Waals surface area contributed by atoms with Gasteiger partial charge in [0.2, 0.25) is 5.91 Å². The van der Waals surface area contributed by atoms with Crippen molar-refractivity contribution in [2.75, 3.05) is 32.8 Å². The quantitative estimate of drug-likeness (QED) is 0.784. The van der Waals surface area contributed by atoms with Crippen LogP contribution in [0.25, 0.3) is 0 Å². The number of carbonyl (C=O) groups excluding carboxylic acids is 2. The minimum absolute atomic E-state index is 0.185. The van der Waals surface area contributed by atoms with E-state index in [1.54, 1.807) is 4.90 Å². The summed E-state index contributed by atoms with van der Waals surface area (Å²) in [6.45, 7) is 10.9. The Morgan fingerprint density at radius 2 is 1.47 bits per heavy atom. The van der Waals surface area contributed by atoms with E-state index >= 15 is 0 Å². The third-order valence-corrected chi connectivity index (χ3v) is 3.01. The lowest BCUT2D eigenvalue weighted by atomic mass is 10.1. The minimum Gasteiger partial charge on any atom is -0.449 e. The Morgan fingerprint density at radius 1 is 0.947 bits per heavy atom. The molecule has 1 aliphatic heterocycles. The standard InChI is InChI=1S/C14H26N2O3/c1-11(2)9-13(17)15-5-7-16(8-6-15)14(18)19-10-12(3)4/h11-12H,5-10H2,1-4H3. The van der Waals surface area contributed by atoms with E-state index < -0.39 is 0 Å². The summed E-state index contributed by atoms with van der Waals surface area (Å²) in [5.74, 6) is 0.907. The highest BCUT2D eigenvalue weighted by Crippen LogP contribution is 2.09. The summed E-state index contributed by atoms with van der Waals surface area (Å²) >= 11 is 0. The molecule has 0 aromatic carbocycles. The number of carbonyl (C=O) groups is 2. The van der Waals surface area contributed by atoms with Crippen LogP contribution in [0.4, 0.5) is 4.79 Å². The van der Waals surface area contributed by atoms with Crippen molar-refractivity contribution < 1.29 is 14.3 Å². The third-order valence-electron chi connectivity index (χ3n) is 3.01. The van der Waals surface area contributed by atoms with Gasteiger partial charge in [-0.15, -0.1) is 0 Å². The minimum atomic E-state index is -0.260. The number of amides is 2. The lowest BCUT2D eigenvalue weighted by Gasteiger charge is -2.34. The molecule has 0 aromatic rings. The van der Waals surface area contributed by atoms with Gasteiger partial charge in [0.25, 0.3) is 0 Å². The smallest absolute Gasteiger partial charge is 0.409 e. The third kappa shape index (κ3) is 5.49. The Hall–Kier alpha value is -1.26. The molecule has 0 unspecified atom stereocenters. The van der Waals surface area contributed by atoms with Crippen molar-refractivity contribution >= 4 is 12.0 Å². The summed E-state index contributed by atoms with van der Waals surface area (Å²) in [4.78, 5) is 27.2. The molecule has 0 radical (unpaired) electrons. The molecule has 1 fully saturated rings. The van der Waals surface area contributed by atoms with Crippen LogP contribution >= 0.6 is 0 Å². The van der Waals surface area contributed by atoms with E-state index in [1.165, 1.54) is 0 Å². The van der Waals surface area contributed by atoms with Crippen LogP contribution in [0.3, 0.4) is 0 Å². The van der Waals surface area contributed by atoms with Gasteiger partial charge in [-0.3, -0.25) is 4.79 Å². The second-order valence-corrected chi connectivity index (χ2v) is 5.94. The zero-order valence-electron chi connectivity index (χ0n) is 12.5. The first-order chi connectivity index (χ1) is 8.90. The SMILES string of the molecule is CC(C)COC(=O)N1CCN(C(=O)CC(C)C)CC1. The molecule has 5 heteroatoms. The van der Waals surface area contributed by atoms with E-state index in [4.69, 9.17) is 4.74 Å². The van der Waals surface area contributed by atoms with Crippen LogP contribution < -0.4 is 0 Å². The van der Waals surface area contributed by atoms with E-state index in [9.17, 15) is 9.59 Å². The molecule has 0 aliphatic carbocycles. The van der Waals surface area contributed by atoms with Gasteiger partial charge in [-0.2, -0.15) is 0 Å². The number of hydrogen-bond acceptors (Lipinski definition) is 3. The molecule has 1 rings (SSSR count). The molecule has 0 spiro atoms. The van der Waals surface area contributed by atoms with Gasteiger partial charge in [0, 0.05) is 32.6 Å². The van der Waals surface area contributed by atoms with Crippen LogP contribution in [0.15, 0.2) is 0 Å². The molecule has 0 atom stereocenters. The summed E-state index contributed by atoms with van der Waals surface area (Å²) in [5, 5.41) is 0. The Morgan fingerprint density at radius 3 is 1.95 bits per heavy atom. The molecule has 0 aromatic heterocycles. The van der Waals surface area contributed by atoms with Gasteiger partial charge in [-0.25, -0.2) is 4.79 Å². The maximum absolute atomic E-state index is 11.9. The fourth-order valence-corrected chi connectivity index (χ4v) is 1.95. The number of piperazine rings is 1. The monoisotopic (exact) mass is 270 g/mol. The molecular formula is C14H26N2O3. The van der Waals surface area contributed by atoms with Gasteiger partial charge in [0.1, 0.15) is 0 Å². The van der Waals surface area contributed by atoms with Gasteiger partial charge < -0.3 is 14.5 Å². The lowest BCUT2D eigenvalue weighted by molar-refractivity contribution is -0.133. The van der Waals surface area contributed by atoms with Crippen molar-refractivity contribution in [3.63, 3.8) is 0 Å². The number of hydrogen-bond donors (Lipinski definition) is 0. The fourth-order valence-electron chi connectivity index (χ4n) is 1.95. The summed E-state index contributed by atoms with van der Waals surface area (Å²) in [6.07, 6.45) is 0.322. The highest BCUT2D eigenvalue weighted by molar-refractivity contribution is 5.77. The van der Waals surface area contributed by atoms with Crippen LogP contribution in [0, 0.1) is 11.8 Å². The topological polar surface area (TPSA) is 49.9 Å². The van der Waals surface area contributed by atoms with E-state index in [0.717, 1.165) is 0 Å². The maximum Gasteiger partial charge on any atom is 0.409 e. The van der Waals surface area contributed by atoms with Crippen LogP contribution in [0.1, 0.15) is 34.1 Å². The molecule has 5 nitrogen and oxygen atoms in total. The van der Waals surface area contributed by atoms with Gasteiger partial charge in [0.05, 0.1) is 6.61 Å². The predicted molar refractivity (Wildman–Crippen MR) is 73.8 cm³/mol. The lowest BCUT2D eigenvalue weighted by Crippen LogP contribution is -2.51. The van der Waals surface area contributed by atoms with Crippen molar-refractivity contribution in [1.82, 2.24) is 9.80 Å². The predicted octanol–water partition coefficient (Wildman–Crippen LogP) is 1.97. The molecular weight excluding hydrogens is 244 g/mol. The first-order valence-electron chi connectivity index (χ1n) is 7.09. The average molecular weight is 270 g/mol. The molecule has 0 bridgehead atoms. The molecule has 0 N–H and O–H groups in total. The van der Waals surface area contributed by atoms with Crippen LogP contribution in [0.2, 0.25) is 0 Å². The molecule has 2 amide bonds. The average Bonchev–Trinajstić information content (AvgIpc) is 2.35. The molecule has 0 saturated carbocycles. The van der Waals surface area contributed by atoms with E-state index in [-0.39, 0.29) is 12.0 Å². The second-order valence-electron chi connectivity index (χ2n) is 5.94. The van der Waals surface area contributed by atoms with Crippen LogP contribution in [-0.4, -0.2) is 54.6 Å². The van der Waals surface area contributed by atoms with Crippen LogP contribution in [-0.2, 0) is 9.53 Å². The zero-order valence-corrected chi connectivity index (χ0v) is 12.5. The Balaban J connectivity index is 2.32. The summed E-state index contributed by atoms with van der Waals surface area (Å²) in [6, 6.07) is 0. The first-order valence-corrected chi connectivity index (χ1v) is 7.09. The Kier molecular flexibility index (Phi) is 6.12. The summed E-state index contributed by atoms with van der Waals surface area (Å²) in [5.41, 5.74) is 0. The number of ether oxygens (including phenoxy) is 1. The molecule has 19 heavy (non-hydrogen) atoms. The second kappa shape index (κ2) is 7.36. The van der Waals surface area contributed by atoms with Crippen molar-refractivity contribution in [1.29, 1.82) is 0 Å². The number of rotatable bonds is 4. The highest BCUT2D eigenvalue weighted by atomic mass is 16.6. The molecule has 1 saturated heterocycles. The van der Waals surface area contributed by atoms with Gasteiger partial charge >= 0.3 is 6.09 Å². The van der Waals surface area contributed by atoms with E-state index in [2.05, 4.69) is 0 Å². The van der Waals surface area contributed by atoms with Gasteiger partial charge in [-0.1, -0.05) is 27.7 Å². The van der Waals surface area contributed by atoms with Gasteiger partial charge in [-0.05, 0) is 11.8 Å². The first kappa shape index (κ1) is 15.8. The largest absolute Gasteiger partial charge is 0.449 e. The number of nitrogens with zero attached hydrogens (tertiary/aromatic N) is 2. The van der Waals surface area contributed by atoms with Crippen molar-refractivity contribution in [2.45, 2.75) is 34.1 Å². The van der Waals surface area contributed by atoms with E-state index in [0.29, 0.717) is 51.0 Å². The zero-order chi connectivity index (χ0) is 14.4. The molecule has 1 aliphatic rings. The maximum atomic E-state index is 11.9. The van der Waals surface area contributed by atoms with E-state index in [1.807, 2.05) is 32.6 Å². The molecule has 110 valence electrons. The fraction of sp³-hybridized carbons (Fsp3) is 0.857.